The summed E-state index contributed by atoms with van der Waals surface area (Å²) in [6.45, 7) is 1.80. The Hall–Kier alpha value is -1.43. The van der Waals surface area contributed by atoms with E-state index >= 15 is 0 Å². The third kappa shape index (κ3) is 0.884. The van der Waals surface area contributed by atoms with Crippen LogP contribution >= 0.6 is 12.2 Å². The molecule has 0 atom stereocenters. The lowest BCUT2D eigenvalue weighted by atomic mass is 10.2. The summed E-state index contributed by atoms with van der Waals surface area (Å²) < 4.78 is 0. The molecule has 2 rings (SSSR count). The van der Waals surface area contributed by atoms with Crippen molar-refractivity contribution in [1.82, 2.24) is 0 Å². The summed E-state index contributed by atoms with van der Waals surface area (Å²) in [5, 5.41) is 7.82. The van der Waals surface area contributed by atoms with E-state index in [4.69, 9.17) is 18.0 Å². The summed E-state index contributed by atoms with van der Waals surface area (Å²) in [7, 11) is 0. The van der Waals surface area contributed by atoms with Crippen molar-refractivity contribution in [2.24, 2.45) is 25.9 Å². The average molecular weight is 179 g/mol. The van der Waals surface area contributed by atoms with E-state index in [9.17, 15) is 0 Å². The third-order valence-electron chi connectivity index (χ3n) is 1.55. The molecule has 0 bridgehead atoms. The van der Waals surface area contributed by atoms with Gasteiger partial charge >= 0.3 is 0 Å². The van der Waals surface area contributed by atoms with Crippen LogP contribution in [0.2, 0.25) is 0 Å². The van der Waals surface area contributed by atoms with Crippen molar-refractivity contribution >= 4 is 29.0 Å². The number of fused-ring (bicyclic) bond motifs is 1. The molecule has 2 heterocycles. The van der Waals surface area contributed by atoms with E-state index in [0.717, 1.165) is 5.70 Å². The van der Waals surface area contributed by atoms with Crippen LogP contribution in [0, 0.1) is 0 Å². The molecule has 12 heavy (non-hydrogen) atoms. The predicted molar refractivity (Wildman–Crippen MR) is 49.2 cm³/mol. The van der Waals surface area contributed by atoms with Gasteiger partial charge in [0.05, 0.1) is 11.3 Å². The third-order valence-corrected chi connectivity index (χ3v) is 1.74. The Bertz CT molecular complexity index is 387. The van der Waals surface area contributed by atoms with Crippen molar-refractivity contribution in [1.29, 1.82) is 0 Å². The lowest BCUT2D eigenvalue weighted by molar-refractivity contribution is 1.20. The van der Waals surface area contributed by atoms with E-state index in [0.29, 0.717) is 17.2 Å². The van der Waals surface area contributed by atoms with Gasteiger partial charge in [-0.3, -0.25) is 0 Å². The van der Waals surface area contributed by atoms with E-state index in [2.05, 4.69) is 20.2 Å². The Balaban J connectivity index is 2.60. The molecule has 0 fully saturated rings. The zero-order valence-electron chi connectivity index (χ0n) is 6.27. The number of hydrogen-bond acceptors (Lipinski definition) is 4. The van der Waals surface area contributed by atoms with Gasteiger partial charge in [-0.1, -0.05) is 0 Å². The first kappa shape index (κ1) is 7.23. The normalized spacial score (nSPS) is 20.9. The Morgan fingerprint density at radius 2 is 2.00 bits per heavy atom. The van der Waals surface area contributed by atoms with Gasteiger partial charge in [0.25, 0.3) is 0 Å². The van der Waals surface area contributed by atoms with Gasteiger partial charge in [-0.25, -0.2) is 4.99 Å². The SMILES string of the molecule is CC1=C2C(N)=NC(=S)N=C2N=N1. The Morgan fingerprint density at radius 3 is 2.75 bits per heavy atom. The molecule has 0 spiro atoms. The summed E-state index contributed by atoms with van der Waals surface area (Å²) >= 11 is 4.77. The van der Waals surface area contributed by atoms with Gasteiger partial charge in [0.15, 0.2) is 5.84 Å². The molecule has 6 heteroatoms. The molecule has 0 unspecified atom stereocenters. The fourth-order valence-corrected chi connectivity index (χ4v) is 1.22. The van der Waals surface area contributed by atoms with Crippen molar-refractivity contribution in [3.63, 3.8) is 0 Å². The lowest BCUT2D eigenvalue weighted by Crippen LogP contribution is -2.24. The topological polar surface area (TPSA) is 75.5 Å². The number of aliphatic imine (C=N–C) groups is 2. The molecule has 0 aromatic rings. The van der Waals surface area contributed by atoms with Gasteiger partial charge in [-0.05, 0) is 19.1 Å². The van der Waals surface area contributed by atoms with Gasteiger partial charge in [0.1, 0.15) is 5.84 Å². The molecule has 5 nitrogen and oxygen atoms in total. The van der Waals surface area contributed by atoms with Crippen LogP contribution in [0.1, 0.15) is 6.92 Å². The van der Waals surface area contributed by atoms with E-state index < -0.39 is 0 Å². The first-order valence-electron chi connectivity index (χ1n) is 3.28. The fourth-order valence-electron chi connectivity index (χ4n) is 1.04. The summed E-state index contributed by atoms with van der Waals surface area (Å²) in [6, 6.07) is 0. The molecule has 0 aromatic carbocycles. The Morgan fingerprint density at radius 1 is 1.25 bits per heavy atom. The lowest BCUT2D eigenvalue weighted by Gasteiger charge is -2.06. The number of azo groups is 1. The van der Waals surface area contributed by atoms with Crippen LogP contribution in [0.3, 0.4) is 0 Å². The highest BCUT2D eigenvalue weighted by atomic mass is 32.1. The van der Waals surface area contributed by atoms with Crippen molar-refractivity contribution in [3.05, 3.63) is 11.3 Å². The molecule has 0 aromatic heterocycles. The second-order valence-electron chi connectivity index (χ2n) is 2.38. The van der Waals surface area contributed by atoms with E-state index in [-0.39, 0.29) is 5.11 Å². The first-order chi connectivity index (χ1) is 5.68. The van der Waals surface area contributed by atoms with Crippen LogP contribution in [0.15, 0.2) is 31.5 Å². The molecule has 0 aliphatic carbocycles. The highest BCUT2D eigenvalue weighted by Crippen LogP contribution is 2.20. The van der Waals surface area contributed by atoms with Gasteiger partial charge in [0, 0.05) is 0 Å². The largest absolute Gasteiger partial charge is 0.383 e. The Labute approximate surface area is 73.8 Å². The summed E-state index contributed by atoms with van der Waals surface area (Å²) in [6.07, 6.45) is 0. The number of thiocarbonyl (C=S) groups is 1. The summed E-state index contributed by atoms with van der Waals surface area (Å²) in [4.78, 5) is 7.74. The molecule has 60 valence electrons. The Kier molecular flexibility index (Phi) is 1.37. The van der Waals surface area contributed by atoms with Gasteiger partial charge in [-0.2, -0.15) is 10.1 Å². The minimum atomic E-state index is 0.208. The molecule has 0 radical (unpaired) electrons. The number of amidine groups is 2. The van der Waals surface area contributed by atoms with Crippen LogP contribution in [0.25, 0.3) is 0 Å². The van der Waals surface area contributed by atoms with Crippen molar-refractivity contribution < 1.29 is 0 Å². The molecular formula is C6H5N5S. The van der Waals surface area contributed by atoms with Crippen LogP contribution in [0.4, 0.5) is 0 Å². The highest BCUT2D eigenvalue weighted by Gasteiger charge is 2.24. The first-order valence-corrected chi connectivity index (χ1v) is 3.69. The fraction of sp³-hybridized carbons (Fsp3) is 0.167. The maximum Gasteiger partial charge on any atom is 0.223 e. The number of hydrogen-bond donors (Lipinski definition) is 1. The van der Waals surface area contributed by atoms with Gasteiger partial charge in [0.2, 0.25) is 5.11 Å². The molecule has 0 saturated heterocycles. The minimum Gasteiger partial charge on any atom is -0.383 e. The quantitative estimate of drug-likeness (QED) is 0.558. The molecule has 2 aliphatic rings. The number of nitrogens with zero attached hydrogens (tertiary/aromatic N) is 4. The monoisotopic (exact) mass is 179 g/mol. The zero-order chi connectivity index (χ0) is 8.72. The number of allylic oxidation sites excluding steroid dienone is 1. The number of nitrogens with two attached hydrogens (primary N) is 1. The van der Waals surface area contributed by atoms with Crippen LogP contribution in [0.5, 0.6) is 0 Å². The summed E-state index contributed by atoms with van der Waals surface area (Å²) in [5.41, 5.74) is 7.04. The van der Waals surface area contributed by atoms with Crippen LogP contribution in [-0.2, 0) is 0 Å². The maximum absolute atomic E-state index is 5.60. The maximum atomic E-state index is 5.60. The van der Waals surface area contributed by atoms with Crippen LogP contribution in [-0.4, -0.2) is 16.8 Å². The summed E-state index contributed by atoms with van der Waals surface area (Å²) in [5.74, 6) is 0.831. The standard InChI is InChI=1S/C6H5N5S/c1-2-3-4(7)8-6(12)9-5(3)11-10-2/h1H3,(H2,7,8,12). The number of rotatable bonds is 0. The molecule has 2 aliphatic heterocycles. The predicted octanol–water partition coefficient (Wildman–Crippen LogP) is 0.780. The average Bonchev–Trinajstić information content (AvgIpc) is 2.31. The second-order valence-corrected chi connectivity index (χ2v) is 2.74. The van der Waals surface area contributed by atoms with E-state index in [1.807, 2.05) is 0 Å². The van der Waals surface area contributed by atoms with Crippen molar-refractivity contribution in [2.75, 3.05) is 0 Å². The molecule has 0 amide bonds. The van der Waals surface area contributed by atoms with Crippen LogP contribution < -0.4 is 5.73 Å². The van der Waals surface area contributed by atoms with Crippen molar-refractivity contribution in [2.45, 2.75) is 6.92 Å². The molecule has 2 N–H and O–H groups in total. The molecule has 0 saturated carbocycles. The zero-order valence-corrected chi connectivity index (χ0v) is 7.09. The van der Waals surface area contributed by atoms with Crippen molar-refractivity contribution in [3.8, 4) is 0 Å². The highest BCUT2D eigenvalue weighted by molar-refractivity contribution is 7.80. The smallest absolute Gasteiger partial charge is 0.223 e. The second kappa shape index (κ2) is 2.28. The minimum absolute atomic E-state index is 0.208. The molecular weight excluding hydrogens is 174 g/mol. The van der Waals surface area contributed by atoms with Gasteiger partial charge in [-0.15, -0.1) is 5.11 Å². The van der Waals surface area contributed by atoms with E-state index in [1.165, 1.54) is 0 Å². The van der Waals surface area contributed by atoms with E-state index in [1.54, 1.807) is 6.92 Å². The van der Waals surface area contributed by atoms with Gasteiger partial charge < -0.3 is 5.73 Å².